The van der Waals surface area contributed by atoms with Crippen molar-refractivity contribution in [2.45, 2.75) is 62.2 Å². The third-order valence-electron chi connectivity index (χ3n) is 8.70. The number of nitrogens with one attached hydrogen (secondary N) is 1. The van der Waals surface area contributed by atoms with Gasteiger partial charge in [0.1, 0.15) is 10.9 Å². The van der Waals surface area contributed by atoms with E-state index in [0.717, 1.165) is 24.2 Å². The zero-order valence-electron chi connectivity index (χ0n) is 18.8. The Morgan fingerprint density at radius 3 is 2.91 bits per heavy atom. The number of carbonyl (C=O) groups is 2. The van der Waals surface area contributed by atoms with E-state index in [9.17, 15) is 19.8 Å². The Labute approximate surface area is 200 Å². The number of nitrogens with zero attached hydrogens (tertiary/aromatic N) is 3. The summed E-state index contributed by atoms with van der Waals surface area (Å²) in [5.41, 5.74) is -0.490. The summed E-state index contributed by atoms with van der Waals surface area (Å²) in [5.74, 6) is -0.998. The highest BCUT2D eigenvalue weighted by atomic mass is 32.1. The number of rotatable bonds is 4. The van der Waals surface area contributed by atoms with Gasteiger partial charge in [0.25, 0.3) is 0 Å². The first-order valence-corrected chi connectivity index (χ1v) is 12.8. The van der Waals surface area contributed by atoms with Gasteiger partial charge in [-0.15, -0.1) is 10.2 Å². The van der Waals surface area contributed by atoms with Crippen molar-refractivity contribution in [3.63, 3.8) is 0 Å². The summed E-state index contributed by atoms with van der Waals surface area (Å²) in [6, 6.07) is 3.29. The quantitative estimate of drug-likeness (QED) is 0.561. The van der Waals surface area contributed by atoms with Gasteiger partial charge in [0.2, 0.25) is 11.0 Å². The lowest BCUT2D eigenvalue weighted by Crippen LogP contribution is -2.78. The van der Waals surface area contributed by atoms with Gasteiger partial charge in [-0.2, -0.15) is 0 Å². The molecule has 10 heteroatoms. The van der Waals surface area contributed by atoms with E-state index < -0.39 is 28.9 Å². The van der Waals surface area contributed by atoms with Crippen molar-refractivity contribution in [2.24, 2.45) is 11.8 Å². The third-order valence-corrected chi connectivity index (χ3v) is 9.46. The second kappa shape index (κ2) is 6.77. The number of aliphatic hydroxyl groups is 1. The van der Waals surface area contributed by atoms with E-state index in [4.69, 9.17) is 4.74 Å². The molecule has 3 fully saturated rings. The average molecular weight is 483 g/mol. The molecule has 2 aliphatic heterocycles. The van der Waals surface area contributed by atoms with Crippen molar-refractivity contribution >= 4 is 28.2 Å². The number of aromatic nitrogens is 2. The molecular formula is C24H26N4O5S. The third kappa shape index (κ3) is 2.56. The standard InChI is InChI=1S/C24H26N4O5S/c1-11-26-27-22(34-11)25-21(31)14-9-24(32)16-8-13-4-5-15(29)19-17(13)23(24,20(33-19)18(14)30)6-7-28(16)10-12-2-3-12/h4-5,12,14,16,20,29,32H,2-3,6-10H2,1H3,(H,25,27,31)/t14?,16-,20+,23+,24-/m1/s1. The summed E-state index contributed by atoms with van der Waals surface area (Å²) in [6.07, 6.45) is 2.58. The highest BCUT2D eigenvalue weighted by molar-refractivity contribution is 7.15. The number of Topliss-reactive ketones (excluding diaryl/α,β-unsaturated/α-hetero) is 1. The van der Waals surface area contributed by atoms with Gasteiger partial charge in [-0.25, -0.2) is 0 Å². The number of piperidine rings is 1. The Morgan fingerprint density at radius 1 is 1.35 bits per heavy atom. The molecule has 0 radical (unpaired) electrons. The number of likely N-dealkylation sites (tertiary alicyclic amines) is 1. The largest absolute Gasteiger partial charge is 0.504 e. The first kappa shape index (κ1) is 20.8. The number of ether oxygens (including phenoxy) is 1. The number of amides is 1. The first-order chi connectivity index (χ1) is 16.3. The number of anilines is 1. The molecule has 1 aromatic heterocycles. The summed E-state index contributed by atoms with van der Waals surface area (Å²) in [5, 5.41) is 34.8. The van der Waals surface area contributed by atoms with Crippen molar-refractivity contribution in [1.82, 2.24) is 15.1 Å². The second-order valence-electron chi connectivity index (χ2n) is 10.5. The molecular weight excluding hydrogens is 456 g/mol. The minimum atomic E-state index is -1.33. The fourth-order valence-corrected chi connectivity index (χ4v) is 7.66. The number of benzene rings is 1. The fraction of sp³-hybridized carbons (Fsp3) is 0.583. The molecule has 9 nitrogen and oxygen atoms in total. The summed E-state index contributed by atoms with van der Waals surface area (Å²) in [7, 11) is 0. The maximum atomic E-state index is 13.8. The molecule has 7 rings (SSSR count). The molecule has 178 valence electrons. The molecule has 2 bridgehead atoms. The van der Waals surface area contributed by atoms with Crippen molar-refractivity contribution < 1.29 is 24.5 Å². The number of phenolic OH excluding ortho intramolecular Hbond substituents is 1. The first-order valence-electron chi connectivity index (χ1n) is 11.9. The number of hydrogen-bond acceptors (Lipinski definition) is 9. The van der Waals surface area contributed by atoms with E-state index in [0.29, 0.717) is 34.6 Å². The number of aromatic hydroxyl groups is 1. The number of aryl methyl sites for hydroxylation is 1. The smallest absolute Gasteiger partial charge is 0.237 e. The number of carbonyl (C=O) groups excluding carboxylic acids is 2. The van der Waals surface area contributed by atoms with Gasteiger partial charge in [0.05, 0.1) is 11.0 Å². The van der Waals surface area contributed by atoms with Gasteiger partial charge in [-0.05, 0) is 63.1 Å². The van der Waals surface area contributed by atoms with Crippen LogP contribution in [0.3, 0.4) is 0 Å². The maximum Gasteiger partial charge on any atom is 0.237 e. The van der Waals surface area contributed by atoms with Crippen molar-refractivity contribution in [3.05, 3.63) is 28.3 Å². The highest BCUT2D eigenvalue weighted by Crippen LogP contribution is 2.65. The van der Waals surface area contributed by atoms with Crippen LogP contribution in [0.2, 0.25) is 0 Å². The predicted octanol–water partition coefficient (Wildman–Crippen LogP) is 1.55. The van der Waals surface area contributed by atoms with Crippen LogP contribution < -0.4 is 10.1 Å². The topological polar surface area (TPSA) is 125 Å². The van der Waals surface area contributed by atoms with Crippen molar-refractivity contribution in [1.29, 1.82) is 0 Å². The molecule has 1 aromatic carbocycles. The lowest BCUT2D eigenvalue weighted by molar-refractivity contribution is -0.197. The minimum absolute atomic E-state index is 0.0235. The zero-order chi connectivity index (χ0) is 23.4. The SMILES string of the molecule is Cc1nnc(NC(=O)C2C[C@@]3(O)[C@H]4Cc5ccc(O)c6c5[C@@]3(CCN4CC3CC3)[C@@H](O6)C2=O)s1. The zero-order valence-corrected chi connectivity index (χ0v) is 19.6. The molecule has 1 saturated heterocycles. The van der Waals surface area contributed by atoms with Crippen LogP contribution in [-0.2, 0) is 21.4 Å². The molecule has 5 atom stereocenters. The second-order valence-corrected chi connectivity index (χ2v) is 11.7. The van der Waals surface area contributed by atoms with E-state index in [2.05, 4.69) is 20.4 Å². The number of ketones is 1. The van der Waals surface area contributed by atoms with Crippen LogP contribution in [0.25, 0.3) is 0 Å². The normalized spacial score (nSPS) is 35.6. The van der Waals surface area contributed by atoms with E-state index >= 15 is 0 Å². The Bertz CT molecular complexity index is 1240. The number of hydrogen-bond donors (Lipinski definition) is 3. The average Bonchev–Trinajstić information content (AvgIpc) is 3.41. The molecule has 5 aliphatic rings. The molecule has 1 amide bonds. The minimum Gasteiger partial charge on any atom is -0.504 e. The van der Waals surface area contributed by atoms with Crippen LogP contribution in [0.1, 0.15) is 41.8 Å². The monoisotopic (exact) mass is 482 g/mol. The van der Waals surface area contributed by atoms with Gasteiger partial charge >= 0.3 is 0 Å². The Balaban J connectivity index is 1.33. The Hall–Kier alpha value is -2.56. The summed E-state index contributed by atoms with van der Waals surface area (Å²) >= 11 is 1.24. The molecule has 3 heterocycles. The van der Waals surface area contributed by atoms with Crippen LogP contribution in [-0.4, -0.2) is 67.8 Å². The fourth-order valence-electron chi connectivity index (χ4n) is 7.06. The predicted molar refractivity (Wildman–Crippen MR) is 122 cm³/mol. The van der Waals surface area contributed by atoms with E-state index in [1.54, 1.807) is 13.0 Å². The molecule has 2 saturated carbocycles. The van der Waals surface area contributed by atoms with Gasteiger partial charge in [-0.3, -0.25) is 19.8 Å². The lowest BCUT2D eigenvalue weighted by Gasteiger charge is -2.63. The molecule has 1 unspecified atom stereocenters. The van der Waals surface area contributed by atoms with Crippen LogP contribution in [0.5, 0.6) is 11.5 Å². The van der Waals surface area contributed by atoms with Gasteiger partial charge in [-0.1, -0.05) is 17.4 Å². The van der Waals surface area contributed by atoms with Crippen LogP contribution >= 0.6 is 11.3 Å². The highest BCUT2D eigenvalue weighted by Gasteiger charge is 2.75. The van der Waals surface area contributed by atoms with E-state index in [1.165, 1.54) is 24.2 Å². The summed E-state index contributed by atoms with van der Waals surface area (Å²) in [6.45, 7) is 3.46. The Kier molecular flexibility index (Phi) is 4.14. The van der Waals surface area contributed by atoms with E-state index in [1.807, 2.05) is 6.07 Å². The van der Waals surface area contributed by atoms with Crippen LogP contribution in [0.15, 0.2) is 12.1 Å². The molecule has 3 N–H and O–H groups in total. The molecule has 3 aliphatic carbocycles. The molecule has 34 heavy (non-hydrogen) atoms. The summed E-state index contributed by atoms with van der Waals surface area (Å²) < 4.78 is 6.17. The molecule has 2 aromatic rings. The van der Waals surface area contributed by atoms with Crippen molar-refractivity contribution in [2.75, 3.05) is 18.4 Å². The molecule has 1 spiro atoms. The number of phenols is 1. The lowest BCUT2D eigenvalue weighted by atomic mass is 9.47. The van der Waals surface area contributed by atoms with Crippen molar-refractivity contribution in [3.8, 4) is 11.5 Å². The van der Waals surface area contributed by atoms with Gasteiger partial charge < -0.3 is 14.9 Å². The van der Waals surface area contributed by atoms with Crippen LogP contribution in [0, 0.1) is 18.8 Å². The van der Waals surface area contributed by atoms with Crippen LogP contribution in [0.4, 0.5) is 5.13 Å². The van der Waals surface area contributed by atoms with E-state index in [-0.39, 0.29) is 24.0 Å². The summed E-state index contributed by atoms with van der Waals surface area (Å²) in [4.78, 5) is 29.5. The maximum absolute atomic E-state index is 13.8. The van der Waals surface area contributed by atoms with Gasteiger partial charge in [0.15, 0.2) is 23.4 Å². The Morgan fingerprint density at radius 2 is 2.18 bits per heavy atom. The van der Waals surface area contributed by atoms with Gasteiger partial charge in [0, 0.05) is 18.2 Å².